The summed E-state index contributed by atoms with van der Waals surface area (Å²) in [4.78, 5) is 12.6. The highest BCUT2D eigenvalue weighted by Crippen LogP contribution is 2.32. The molecule has 3 rings (SSSR count). The van der Waals surface area contributed by atoms with Crippen LogP contribution in [0.3, 0.4) is 0 Å². The summed E-state index contributed by atoms with van der Waals surface area (Å²) in [7, 11) is 1.63. The Balaban J connectivity index is 0.00000225. The van der Waals surface area contributed by atoms with Gasteiger partial charge in [-0.15, -0.1) is 12.4 Å². The standard InChI is InChI=1S/C18H24N2O4.ClH/c1-11-14-10-13(22-3)4-5-15(14)24-16(11)12(2)20-17(21)18(19)6-8-23-9-7-18;/h4-5,10,12H,6-9,19H2,1-3H3,(H,20,21);1H. The van der Waals surface area contributed by atoms with Crippen LogP contribution in [0.4, 0.5) is 0 Å². The Labute approximate surface area is 153 Å². The first kappa shape index (κ1) is 19.6. The molecule has 138 valence electrons. The summed E-state index contributed by atoms with van der Waals surface area (Å²) in [5, 5.41) is 3.98. The quantitative estimate of drug-likeness (QED) is 0.866. The van der Waals surface area contributed by atoms with Crippen LogP contribution in [-0.4, -0.2) is 31.8 Å². The minimum Gasteiger partial charge on any atom is -0.497 e. The SMILES string of the molecule is COc1ccc2oc(C(C)NC(=O)C3(N)CCOCC3)c(C)c2c1.Cl. The number of benzene rings is 1. The van der Waals surface area contributed by atoms with Crippen LogP contribution in [0.1, 0.15) is 37.1 Å². The lowest BCUT2D eigenvalue weighted by atomic mass is 9.90. The molecule has 3 N–H and O–H groups in total. The van der Waals surface area contributed by atoms with Crippen LogP contribution in [0.5, 0.6) is 5.75 Å². The van der Waals surface area contributed by atoms with Crippen LogP contribution in [0.15, 0.2) is 22.6 Å². The summed E-state index contributed by atoms with van der Waals surface area (Å²) in [5.74, 6) is 1.36. The van der Waals surface area contributed by atoms with E-state index in [1.807, 2.05) is 32.0 Å². The molecule has 1 aromatic carbocycles. The molecule has 1 amide bonds. The maximum Gasteiger partial charge on any atom is 0.240 e. The zero-order chi connectivity index (χ0) is 17.3. The minimum absolute atomic E-state index is 0. The molecule has 0 aliphatic carbocycles. The van der Waals surface area contributed by atoms with Crippen molar-refractivity contribution in [2.24, 2.45) is 5.73 Å². The van der Waals surface area contributed by atoms with Crippen LogP contribution in [0.25, 0.3) is 11.0 Å². The lowest BCUT2D eigenvalue weighted by Gasteiger charge is -2.32. The molecule has 0 bridgehead atoms. The number of rotatable bonds is 4. The van der Waals surface area contributed by atoms with Crippen LogP contribution in [-0.2, 0) is 9.53 Å². The Morgan fingerprint density at radius 1 is 1.36 bits per heavy atom. The fraction of sp³-hybridized carbons (Fsp3) is 0.500. The van der Waals surface area contributed by atoms with Gasteiger partial charge >= 0.3 is 0 Å². The van der Waals surface area contributed by atoms with Gasteiger partial charge in [-0.05, 0) is 44.9 Å². The molecule has 25 heavy (non-hydrogen) atoms. The Kier molecular flexibility index (Phi) is 5.98. The van der Waals surface area contributed by atoms with E-state index in [2.05, 4.69) is 5.32 Å². The molecule has 0 spiro atoms. The number of furan rings is 1. The van der Waals surface area contributed by atoms with Crippen LogP contribution in [0.2, 0.25) is 0 Å². The number of carbonyl (C=O) groups excluding carboxylic acids is 1. The van der Waals surface area contributed by atoms with Crippen LogP contribution < -0.4 is 15.8 Å². The average molecular weight is 369 g/mol. The molecule has 6 nitrogen and oxygen atoms in total. The maximum absolute atomic E-state index is 12.6. The van der Waals surface area contributed by atoms with Gasteiger partial charge in [0.2, 0.25) is 5.91 Å². The summed E-state index contributed by atoms with van der Waals surface area (Å²) < 4.78 is 16.5. The van der Waals surface area contributed by atoms with Gasteiger partial charge in [0.1, 0.15) is 17.1 Å². The number of fused-ring (bicyclic) bond motifs is 1. The predicted octanol–water partition coefficient (Wildman–Crippen LogP) is 2.86. The molecule has 7 heteroatoms. The molecular weight excluding hydrogens is 344 g/mol. The summed E-state index contributed by atoms with van der Waals surface area (Å²) in [6.07, 6.45) is 1.06. The van der Waals surface area contributed by atoms with Crippen molar-refractivity contribution < 1.29 is 18.7 Å². The average Bonchev–Trinajstić information content (AvgIpc) is 2.92. The summed E-state index contributed by atoms with van der Waals surface area (Å²) in [6.45, 7) is 4.92. The highest BCUT2D eigenvalue weighted by atomic mass is 35.5. The van der Waals surface area contributed by atoms with Crippen LogP contribution >= 0.6 is 12.4 Å². The molecule has 2 heterocycles. The van der Waals surface area contributed by atoms with Crippen molar-refractivity contribution in [2.45, 2.75) is 38.3 Å². The van der Waals surface area contributed by atoms with E-state index in [0.717, 1.165) is 28.0 Å². The summed E-state index contributed by atoms with van der Waals surface area (Å²) in [6, 6.07) is 5.41. The number of hydrogen-bond acceptors (Lipinski definition) is 5. The lowest BCUT2D eigenvalue weighted by Crippen LogP contribution is -2.57. The van der Waals surface area contributed by atoms with Gasteiger partial charge < -0.3 is 24.9 Å². The Bertz CT molecular complexity index is 753. The molecule has 1 aliphatic rings. The number of aryl methyl sites for hydroxylation is 1. The van der Waals surface area contributed by atoms with Gasteiger partial charge in [-0.3, -0.25) is 4.79 Å². The number of ether oxygens (including phenoxy) is 2. The lowest BCUT2D eigenvalue weighted by molar-refractivity contribution is -0.130. The Morgan fingerprint density at radius 2 is 2.04 bits per heavy atom. The first-order chi connectivity index (χ1) is 11.4. The van der Waals surface area contributed by atoms with Crippen molar-refractivity contribution >= 4 is 29.3 Å². The number of methoxy groups -OCH3 is 1. The van der Waals surface area contributed by atoms with Gasteiger partial charge in [0.25, 0.3) is 0 Å². The third-order valence-corrected chi connectivity index (χ3v) is 4.76. The summed E-state index contributed by atoms with van der Waals surface area (Å²) in [5.41, 5.74) is 7.15. The summed E-state index contributed by atoms with van der Waals surface area (Å²) >= 11 is 0. The molecule has 1 saturated heterocycles. The van der Waals surface area contributed by atoms with Gasteiger partial charge in [-0.25, -0.2) is 0 Å². The zero-order valence-electron chi connectivity index (χ0n) is 14.8. The fourth-order valence-electron chi connectivity index (χ4n) is 3.13. The molecule has 1 atom stereocenters. The van der Waals surface area contributed by atoms with Crippen molar-refractivity contribution in [3.63, 3.8) is 0 Å². The van der Waals surface area contributed by atoms with E-state index in [-0.39, 0.29) is 24.4 Å². The highest BCUT2D eigenvalue weighted by Gasteiger charge is 2.37. The minimum atomic E-state index is -0.865. The topological polar surface area (TPSA) is 86.7 Å². The molecule has 0 saturated carbocycles. The molecule has 1 unspecified atom stereocenters. The number of halogens is 1. The first-order valence-electron chi connectivity index (χ1n) is 8.19. The second kappa shape index (κ2) is 7.64. The van der Waals surface area contributed by atoms with Crippen molar-refractivity contribution in [3.05, 3.63) is 29.5 Å². The van der Waals surface area contributed by atoms with E-state index in [9.17, 15) is 4.79 Å². The van der Waals surface area contributed by atoms with E-state index in [4.69, 9.17) is 19.6 Å². The van der Waals surface area contributed by atoms with Gasteiger partial charge in [-0.2, -0.15) is 0 Å². The van der Waals surface area contributed by atoms with Gasteiger partial charge in [0, 0.05) is 24.2 Å². The number of nitrogens with two attached hydrogens (primary N) is 1. The van der Waals surface area contributed by atoms with E-state index >= 15 is 0 Å². The Morgan fingerprint density at radius 3 is 2.68 bits per heavy atom. The normalized spacial score (nSPS) is 17.6. The number of amides is 1. The predicted molar refractivity (Wildman–Crippen MR) is 98.3 cm³/mol. The van der Waals surface area contributed by atoms with Crippen molar-refractivity contribution in [3.8, 4) is 5.75 Å². The van der Waals surface area contributed by atoms with E-state index < -0.39 is 5.54 Å². The third kappa shape index (κ3) is 3.76. The van der Waals surface area contributed by atoms with E-state index in [1.54, 1.807) is 7.11 Å². The van der Waals surface area contributed by atoms with Crippen molar-refractivity contribution in [1.82, 2.24) is 5.32 Å². The molecule has 1 fully saturated rings. The molecule has 1 aliphatic heterocycles. The molecule has 1 aromatic heterocycles. The number of hydrogen-bond donors (Lipinski definition) is 2. The fourth-order valence-corrected chi connectivity index (χ4v) is 3.13. The number of carbonyl (C=O) groups is 1. The van der Waals surface area contributed by atoms with Crippen molar-refractivity contribution in [1.29, 1.82) is 0 Å². The van der Waals surface area contributed by atoms with Gasteiger partial charge in [0.05, 0.1) is 18.7 Å². The second-order valence-electron chi connectivity index (χ2n) is 6.42. The first-order valence-corrected chi connectivity index (χ1v) is 8.19. The second-order valence-corrected chi connectivity index (χ2v) is 6.42. The highest BCUT2D eigenvalue weighted by molar-refractivity contribution is 5.87. The van der Waals surface area contributed by atoms with E-state index in [1.165, 1.54) is 0 Å². The molecular formula is C18H25ClN2O4. The zero-order valence-corrected chi connectivity index (χ0v) is 15.6. The number of nitrogens with one attached hydrogen (secondary N) is 1. The molecule has 2 aromatic rings. The van der Waals surface area contributed by atoms with Gasteiger partial charge in [0.15, 0.2) is 0 Å². The van der Waals surface area contributed by atoms with Crippen LogP contribution in [0, 0.1) is 6.92 Å². The van der Waals surface area contributed by atoms with E-state index in [0.29, 0.717) is 26.1 Å². The van der Waals surface area contributed by atoms with Crippen molar-refractivity contribution in [2.75, 3.05) is 20.3 Å². The Hall–Kier alpha value is -1.76. The third-order valence-electron chi connectivity index (χ3n) is 4.76. The van der Waals surface area contributed by atoms with Gasteiger partial charge in [-0.1, -0.05) is 0 Å². The smallest absolute Gasteiger partial charge is 0.240 e. The molecule has 0 radical (unpaired) electrons. The largest absolute Gasteiger partial charge is 0.497 e. The monoisotopic (exact) mass is 368 g/mol. The maximum atomic E-state index is 12.6.